The SMILES string of the molecule is CC1(C)c2ccccc2-c2c(N(c3cccc(-c4ccc5ccccc5c4)c3)c3cccc4c3ccc3c5ccccc5ccc43)cccc21. The Hall–Kier alpha value is -6.18. The van der Waals surface area contributed by atoms with Crippen LogP contribution in [-0.2, 0) is 5.41 Å². The van der Waals surface area contributed by atoms with E-state index < -0.39 is 0 Å². The van der Waals surface area contributed by atoms with E-state index in [0.717, 1.165) is 5.69 Å². The maximum Gasteiger partial charge on any atom is 0.0543 e. The Kier molecular flexibility index (Phi) is 6.29. The fourth-order valence-electron chi connectivity index (χ4n) is 8.56. The van der Waals surface area contributed by atoms with E-state index in [9.17, 15) is 0 Å². The van der Waals surface area contributed by atoms with Crippen molar-refractivity contribution in [2.45, 2.75) is 19.3 Å². The maximum atomic E-state index is 2.51. The Morgan fingerprint density at radius 3 is 1.90 bits per heavy atom. The normalized spacial score (nSPS) is 13.2. The molecule has 0 aliphatic heterocycles. The molecule has 0 radical (unpaired) electrons. The monoisotopic (exact) mass is 637 g/mol. The number of fused-ring (bicyclic) bond motifs is 9. The first-order chi connectivity index (χ1) is 24.6. The van der Waals surface area contributed by atoms with Crippen LogP contribution in [0.4, 0.5) is 17.1 Å². The van der Waals surface area contributed by atoms with Crippen LogP contribution in [0, 0.1) is 0 Å². The molecule has 50 heavy (non-hydrogen) atoms. The number of hydrogen-bond donors (Lipinski definition) is 0. The minimum atomic E-state index is -0.101. The molecule has 9 aromatic carbocycles. The molecule has 1 aliphatic rings. The first-order valence-corrected chi connectivity index (χ1v) is 17.5. The van der Waals surface area contributed by atoms with E-state index in [4.69, 9.17) is 0 Å². The van der Waals surface area contributed by atoms with Gasteiger partial charge in [-0.15, -0.1) is 0 Å². The molecule has 0 heterocycles. The van der Waals surface area contributed by atoms with Crippen LogP contribution in [0.2, 0.25) is 0 Å². The van der Waals surface area contributed by atoms with Crippen LogP contribution in [0.15, 0.2) is 176 Å². The summed E-state index contributed by atoms with van der Waals surface area (Å²) in [5, 5.41) is 10.1. The third kappa shape index (κ3) is 4.27. The molecule has 1 nitrogen and oxygen atoms in total. The van der Waals surface area contributed by atoms with Crippen LogP contribution in [-0.4, -0.2) is 0 Å². The van der Waals surface area contributed by atoms with Crippen LogP contribution >= 0.6 is 0 Å². The lowest BCUT2D eigenvalue weighted by molar-refractivity contribution is 0.660. The zero-order valence-electron chi connectivity index (χ0n) is 28.2. The van der Waals surface area contributed by atoms with Gasteiger partial charge in [-0.2, -0.15) is 0 Å². The van der Waals surface area contributed by atoms with Gasteiger partial charge in [0, 0.05) is 22.1 Å². The molecular weight excluding hydrogens is 603 g/mol. The molecule has 0 aromatic heterocycles. The zero-order chi connectivity index (χ0) is 33.4. The summed E-state index contributed by atoms with van der Waals surface area (Å²) in [4.78, 5) is 2.51. The predicted octanol–water partition coefficient (Wildman–Crippen LogP) is 13.7. The average Bonchev–Trinajstić information content (AvgIpc) is 3.41. The zero-order valence-corrected chi connectivity index (χ0v) is 28.2. The second-order valence-corrected chi connectivity index (χ2v) is 14.1. The van der Waals surface area contributed by atoms with Gasteiger partial charge in [-0.05, 0) is 95.9 Å². The van der Waals surface area contributed by atoms with Gasteiger partial charge in [0.05, 0.1) is 11.4 Å². The number of benzene rings is 9. The first-order valence-electron chi connectivity index (χ1n) is 17.5. The first kappa shape index (κ1) is 28.8. The van der Waals surface area contributed by atoms with Gasteiger partial charge in [0.15, 0.2) is 0 Å². The van der Waals surface area contributed by atoms with Crippen molar-refractivity contribution in [2.24, 2.45) is 0 Å². The highest BCUT2D eigenvalue weighted by Gasteiger charge is 2.37. The lowest BCUT2D eigenvalue weighted by Gasteiger charge is -2.30. The van der Waals surface area contributed by atoms with Crippen LogP contribution in [0.5, 0.6) is 0 Å². The van der Waals surface area contributed by atoms with Crippen molar-refractivity contribution in [3.05, 3.63) is 187 Å². The Bertz CT molecular complexity index is 2800. The number of anilines is 3. The van der Waals surface area contributed by atoms with Gasteiger partial charge < -0.3 is 4.90 Å². The molecule has 0 amide bonds. The molecule has 236 valence electrons. The number of hydrogen-bond acceptors (Lipinski definition) is 1. The van der Waals surface area contributed by atoms with Crippen molar-refractivity contribution in [3.8, 4) is 22.3 Å². The Morgan fingerprint density at radius 2 is 0.980 bits per heavy atom. The molecule has 10 rings (SSSR count). The summed E-state index contributed by atoms with van der Waals surface area (Å²) in [5.74, 6) is 0. The molecule has 0 saturated heterocycles. The van der Waals surface area contributed by atoms with E-state index in [1.807, 2.05) is 0 Å². The molecule has 0 fully saturated rings. The topological polar surface area (TPSA) is 3.24 Å². The quantitative estimate of drug-likeness (QED) is 0.174. The second kappa shape index (κ2) is 10.9. The highest BCUT2D eigenvalue weighted by Crippen LogP contribution is 2.55. The van der Waals surface area contributed by atoms with Gasteiger partial charge in [-0.1, -0.05) is 159 Å². The van der Waals surface area contributed by atoms with Crippen LogP contribution in [0.25, 0.3) is 65.3 Å². The van der Waals surface area contributed by atoms with Crippen LogP contribution in [0.3, 0.4) is 0 Å². The molecule has 0 spiro atoms. The van der Waals surface area contributed by atoms with Gasteiger partial charge in [0.25, 0.3) is 0 Å². The van der Waals surface area contributed by atoms with Gasteiger partial charge in [0.1, 0.15) is 0 Å². The van der Waals surface area contributed by atoms with Crippen molar-refractivity contribution in [2.75, 3.05) is 4.90 Å². The minimum absolute atomic E-state index is 0.101. The van der Waals surface area contributed by atoms with Gasteiger partial charge >= 0.3 is 0 Å². The van der Waals surface area contributed by atoms with Gasteiger partial charge in [0.2, 0.25) is 0 Å². The molecule has 1 heteroatoms. The summed E-state index contributed by atoms with van der Waals surface area (Å²) < 4.78 is 0. The molecule has 0 unspecified atom stereocenters. The van der Waals surface area contributed by atoms with Crippen molar-refractivity contribution >= 4 is 60.2 Å². The van der Waals surface area contributed by atoms with E-state index in [1.54, 1.807) is 0 Å². The van der Waals surface area contributed by atoms with Crippen LogP contribution < -0.4 is 4.90 Å². The standard InChI is InChI=1S/C49H35N/c1-49(2)44-20-8-7-18-43(44)48-45(49)21-11-23-47(48)50(37-16-9-15-35(31-37)36-25-24-32-12-3-4-14-34(32)30-36)46-22-10-19-39-41-27-26-33-13-5-6-17-38(33)40(41)28-29-42(39)46/h3-31H,1-2H3. The summed E-state index contributed by atoms with van der Waals surface area (Å²) in [6, 6.07) is 65.0. The smallest absolute Gasteiger partial charge is 0.0543 e. The highest BCUT2D eigenvalue weighted by atomic mass is 15.1. The van der Waals surface area contributed by atoms with Gasteiger partial charge in [-0.3, -0.25) is 0 Å². The molecule has 9 aromatic rings. The molecule has 0 atom stereocenters. The Morgan fingerprint density at radius 1 is 0.380 bits per heavy atom. The molecule has 0 saturated carbocycles. The lowest BCUT2D eigenvalue weighted by atomic mass is 9.82. The predicted molar refractivity (Wildman–Crippen MR) is 214 cm³/mol. The van der Waals surface area contributed by atoms with E-state index in [1.165, 1.54) is 87.8 Å². The van der Waals surface area contributed by atoms with E-state index in [0.29, 0.717) is 0 Å². The van der Waals surface area contributed by atoms with Crippen molar-refractivity contribution in [3.63, 3.8) is 0 Å². The average molecular weight is 638 g/mol. The molecule has 0 bridgehead atoms. The summed E-state index contributed by atoms with van der Waals surface area (Å²) in [6.45, 7) is 4.72. The minimum Gasteiger partial charge on any atom is -0.309 e. The van der Waals surface area contributed by atoms with E-state index >= 15 is 0 Å². The Balaban J connectivity index is 1.25. The third-order valence-electron chi connectivity index (χ3n) is 11.0. The summed E-state index contributed by atoms with van der Waals surface area (Å²) in [5.41, 5.74) is 11.2. The van der Waals surface area contributed by atoms with E-state index in [-0.39, 0.29) is 5.41 Å². The summed E-state index contributed by atoms with van der Waals surface area (Å²) in [6.07, 6.45) is 0. The van der Waals surface area contributed by atoms with Crippen molar-refractivity contribution in [1.82, 2.24) is 0 Å². The van der Waals surface area contributed by atoms with E-state index in [2.05, 4.69) is 195 Å². The number of nitrogens with zero attached hydrogens (tertiary/aromatic N) is 1. The summed E-state index contributed by atoms with van der Waals surface area (Å²) >= 11 is 0. The van der Waals surface area contributed by atoms with Crippen LogP contribution in [0.1, 0.15) is 25.0 Å². The highest BCUT2D eigenvalue weighted by molar-refractivity contribution is 6.20. The second-order valence-electron chi connectivity index (χ2n) is 14.1. The fraction of sp³-hybridized carbons (Fsp3) is 0.0612. The van der Waals surface area contributed by atoms with Crippen molar-refractivity contribution < 1.29 is 0 Å². The third-order valence-corrected chi connectivity index (χ3v) is 11.0. The molecular formula is C49H35N. The summed E-state index contributed by atoms with van der Waals surface area (Å²) in [7, 11) is 0. The maximum absolute atomic E-state index is 2.51. The van der Waals surface area contributed by atoms with Crippen molar-refractivity contribution in [1.29, 1.82) is 0 Å². The molecule has 0 N–H and O–H groups in total. The fourth-order valence-corrected chi connectivity index (χ4v) is 8.56. The largest absolute Gasteiger partial charge is 0.309 e. The lowest BCUT2D eigenvalue weighted by Crippen LogP contribution is -2.16. The Labute approximate surface area is 292 Å². The number of rotatable bonds is 4. The van der Waals surface area contributed by atoms with Gasteiger partial charge in [-0.25, -0.2) is 0 Å². The molecule has 1 aliphatic carbocycles.